The Hall–Kier alpha value is -1.79. The molecule has 3 fully saturated rings. The highest BCUT2D eigenvalue weighted by Crippen LogP contribution is 2.31. The van der Waals surface area contributed by atoms with Crippen LogP contribution in [0.1, 0.15) is 67.8 Å². The summed E-state index contributed by atoms with van der Waals surface area (Å²) in [4.78, 5) is 30.4. The topological polar surface area (TPSA) is 70.1 Å². The van der Waals surface area contributed by atoms with Gasteiger partial charge in [-0.25, -0.2) is 4.79 Å². The highest BCUT2D eigenvalue weighted by Gasteiger charge is 2.27. The molecule has 0 unspecified atom stereocenters. The van der Waals surface area contributed by atoms with Crippen LogP contribution < -0.4 is 11.0 Å². The van der Waals surface area contributed by atoms with Crippen molar-refractivity contribution in [3.05, 3.63) is 34.2 Å². The van der Waals surface area contributed by atoms with E-state index in [4.69, 9.17) is 0 Å². The maximum Gasteiger partial charge on any atom is 0.326 e. The minimum atomic E-state index is -0.0472. The van der Waals surface area contributed by atoms with Gasteiger partial charge in [0.1, 0.15) is 0 Å². The van der Waals surface area contributed by atoms with Gasteiger partial charge in [0, 0.05) is 30.7 Å². The molecule has 1 saturated heterocycles. The number of halogens is 1. The first-order valence-corrected chi connectivity index (χ1v) is 11.0. The summed E-state index contributed by atoms with van der Waals surface area (Å²) < 4.78 is 1.90. The van der Waals surface area contributed by atoms with Crippen LogP contribution in [0.15, 0.2) is 23.0 Å². The number of fused-ring (bicyclic) bond motifs is 1. The van der Waals surface area contributed by atoms with Crippen LogP contribution in [0.5, 0.6) is 0 Å². The van der Waals surface area contributed by atoms with Crippen molar-refractivity contribution in [3.8, 4) is 0 Å². The molecule has 2 aliphatic carbocycles. The van der Waals surface area contributed by atoms with Gasteiger partial charge in [0.2, 0.25) is 0 Å². The molecule has 1 amide bonds. The van der Waals surface area contributed by atoms with Crippen molar-refractivity contribution in [1.29, 1.82) is 0 Å². The summed E-state index contributed by atoms with van der Waals surface area (Å²) in [5.74, 6) is 0.974. The third kappa shape index (κ3) is 4.24. The van der Waals surface area contributed by atoms with Crippen molar-refractivity contribution in [2.75, 3.05) is 19.6 Å². The average Bonchev–Trinajstić information content (AvgIpc) is 3.28. The van der Waals surface area contributed by atoms with Gasteiger partial charge in [-0.3, -0.25) is 9.36 Å². The van der Waals surface area contributed by atoms with Crippen LogP contribution >= 0.6 is 12.4 Å². The summed E-state index contributed by atoms with van der Waals surface area (Å²) in [5, 5.41) is 3.66. The van der Waals surface area contributed by atoms with E-state index in [2.05, 4.69) is 10.3 Å². The highest BCUT2D eigenvalue weighted by molar-refractivity contribution is 5.97. The molecule has 1 aromatic carbocycles. The van der Waals surface area contributed by atoms with Crippen LogP contribution in [0.2, 0.25) is 0 Å². The number of rotatable bonds is 5. The van der Waals surface area contributed by atoms with E-state index in [1.807, 2.05) is 27.7 Å². The van der Waals surface area contributed by atoms with Gasteiger partial charge in [0.25, 0.3) is 5.91 Å². The Morgan fingerprint density at radius 3 is 2.48 bits per heavy atom. The van der Waals surface area contributed by atoms with Gasteiger partial charge < -0.3 is 15.2 Å². The Morgan fingerprint density at radius 2 is 1.79 bits per heavy atom. The molecule has 3 aliphatic rings. The number of carbonyl (C=O) groups is 1. The van der Waals surface area contributed by atoms with Crippen molar-refractivity contribution in [3.63, 3.8) is 0 Å². The maximum atomic E-state index is 13.0. The lowest BCUT2D eigenvalue weighted by molar-refractivity contribution is 0.0705. The first-order chi connectivity index (χ1) is 13.7. The fraction of sp³-hybridized carbons (Fsp3) is 0.636. The smallest absolute Gasteiger partial charge is 0.326 e. The number of hydrogen-bond acceptors (Lipinski definition) is 3. The molecule has 5 rings (SSSR count). The predicted molar refractivity (Wildman–Crippen MR) is 117 cm³/mol. The second-order valence-corrected chi connectivity index (χ2v) is 8.89. The van der Waals surface area contributed by atoms with Gasteiger partial charge in [-0.15, -0.1) is 12.4 Å². The molecule has 0 spiro atoms. The summed E-state index contributed by atoms with van der Waals surface area (Å²) in [5.41, 5.74) is 2.34. The number of nitrogens with zero attached hydrogens (tertiary/aromatic N) is 2. The Balaban J connectivity index is 0.00000205. The number of hydrogen-bond donors (Lipinski definition) is 2. The second-order valence-electron chi connectivity index (χ2n) is 8.89. The van der Waals surface area contributed by atoms with E-state index in [9.17, 15) is 9.59 Å². The molecule has 0 atom stereocenters. The third-order valence-corrected chi connectivity index (χ3v) is 6.83. The van der Waals surface area contributed by atoms with Crippen LogP contribution in [0, 0.1) is 5.92 Å². The van der Waals surface area contributed by atoms with Crippen molar-refractivity contribution < 1.29 is 4.79 Å². The minimum absolute atomic E-state index is 0. The zero-order valence-electron chi connectivity index (χ0n) is 16.9. The maximum absolute atomic E-state index is 13.0. The number of aromatic nitrogens is 2. The molecule has 0 bridgehead atoms. The van der Waals surface area contributed by atoms with E-state index in [-0.39, 0.29) is 24.0 Å². The summed E-state index contributed by atoms with van der Waals surface area (Å²) in [6, 6.07) is 6.54. The molecule has 1 aromatic heterocycles. The molecule has 0 radical (unpaired) electrons. The van der Waals surface area contributed by atoms with Crippen molar-refractivity contribution in [2.24, 2.45) is 5.92 Å². The molecule has 2 heterocycles. The molecule has 2 aromatic rings. The third-order valence-electron chi connectivity index (χ3n) is 6.83. The van der Waals surface area contributed by atoms with E-state index in [0.29, 0.717) is 17.6 Å². The quantitative estimate of drug-likeness (QED) is 0.781. The first-order valence-electron chi connectivity index (χ1n) is 11.0. The van der Waals surface area contributed by atoms with Gasteiger partial charge in [-0.05, 0) is 69.2 Å². The van der Waals surface area contributed by atoms with Crippen LogP contribution in [0.3, 0.4) is 0 Å². The van der Waals surface area contributed by atoms with Crippen LogP contribution in [-0.2, 0) is 0 Å². The monoisotopic (exact) mass is 418 g/mol. The zero-order valence-corrected chi connectivity index (χ0v) is 17.7. The standard InChI is InChI=1S/C22H30N4O2.ClH/c27-21(25-11-9-17(10-12-25)23-14-15-5-6-15)16-7-8-20-19(13-16)24-22(28)26(20)18-3-1-2-4-18;/h7-8,13,15,17-18,23H,1-6,9-12,14H2,(H,24,28);1H. The molecule has 29 heavy (non-hydrogen) atoms. The van der Waals surface area contributed by atoms with Gasteiger partial charge >= 0.3 is 5.69 Å². The fourth-order valence-corrected chi connectivity index (χ4v) is 4.91. The van der Waals surface area contributed by atoms with Crippen LogP contribution in [0.25, 0.3) is 11.0 Å². The fourth-order valence-electron chi connectivity index (χ4n) is 4.91. The SMILES string of the molecule is Cl.O=C(c1ccc2c(c1)[nH]c(=O)n2C1CCCC1)N1CCC(NCC2CC2)CC1. The predicted octanol–water partition coefficient (Wildman–Crippen LogP) is 3.47. The number of aromatic amines is 1. The van der Waals surface area contributed by atoms with E-state index < -0.39 is 0 Å². The van der Waals surface area contributed by atoms with E-state index in [1.165, 1.54) is 25.7 Å². The molecule has 2 saturated carbocycles. The average molecular weight is 419 g/mol. The number of amides is 1. The molecule has 1 aliphatic heterocycles. The number of carbonyl (C=O) groups excluding carboxylic acids is 1. The Labute approximate surface area is 177 Å². The summed E-state index contributed by atoms with van der Waals surface area (Å²) in [6.07, 6.45) is 9.30. The first kappa shape index (κ1) is 20.5. The molecule has 6 nitrogen and oxygen atoms in total. The number of piperidine rings is 1. The summed E-state index contributed by atoms with van der Waals surface area (Å²) >= 11 is 0. The van der Waals surface area contributed by atoms with Crippen LogP contribution in [-0.4, -0.2) is 46.0 Å². The van der Waals surface area contributed by atoms with E-state index in [0.717, 1.165) is 62.3 Å². The molecular weight excluding hydrogens is 388 g/mol. The highest BCUT2D eigenvalue weighted by atomic mass is 35.5. The molecule has 2 N–H and O–H groups in total. The number of likely N-dealkylation sites (tertiary alicyclic amines) is 1. The lowest BCUT2D eigenvalue weighted by Gasteiger charge is -2.32. The zero-order chi connectivity index (χ0) is 19.1. The summed E-state index contributed by atoms with van der Waals surface area (Å²) in [6.45, 7) is 2.75. The number of benzene rings is 1. The normalized spacial score (nSPS) is 20.9. The van der Waals surface area contributed by atoms with Crippen molar-refractivity contribution >= 4 is 29.3 Å². The Kier molecular flexibility index (Phi) is 6.02. The van der Waals surface area contributed by atoms with Crippen LogP contribution in [0.4, 0.5) is 0 Å². The molecular formula is C22H31ClN4O2. The largest absolute Gasteiger partial charge is 0.339 e. The minimum Gasteiger partial charge on any atom is -0.339 e. The molecule has 7 heteroatoms. The lowest BCUT2D eigenvalue weighted by atomic mass is 10.0. The van der Waals surface area contributed by atoms with E-state index >= 15 is 0 Å². The number of H-pyrrole nitrogens is 1. The van der Waals surface area contributed by atoms with Crippen molar-refractivity contribution in [2.45, 2.75) is 63.5 Å². The molecule has 158 valence electrons. The number of imidazole rings is 1. The second kappa shape index (κ2) is 8.52. The van der Waals surface area contributed by atoms with Gasteiger partial charge in [0.05, 0.1) is 11.0 Å². The van der Waals surface area contributed by atoms with E-state index in [1.54, 1.807) is 0 Å². The Morgan fingerprint density at radius 1 is 1.07 bits per heavy atom. The summed E-state index contributed by atoms with van der Waals surface area (Å²) in [7, 11) is 0. The van der Waals surface area contributed by atoms with Gasteiger partial charge in [-0.2, -0.15) is 0 Å². The van der Waals surface area contributed by atoms with Gasteiger partial charge in [0.15, 0.2) is 0 Å². The van der Waals surface area contributed by atoms with Crippen molar-refractivity contribution in [1.82, 2.24) is 19.8 Å². The van der Waals surface area contributed by atoms with Gasteiger partial charge in [-0.1, -0.05) is 12.8 Å². The Bertz CT molecular complexity index is 919. The lowest BCUT2D eigenvalue weighted by Crippen LogP contribution is -2.45. The number of nitrogens with one attached hydrogen (secondary N) is 2.